The number of rotatable bonds is 2. The fraction of sp³-hybridized carbons (Fsp3) is 0.0667. The number of hydrogen-bond acceptors (Lipinski definition) is 3. The lowest BCUT2D eigenvalue weighted by Gasteiger charge is -2.28. The second-order valence-corrected chi connectivity index (χ2v) is 6.95. The van der Waals surface area contributed by atoms with Gasteiger partial charge in [-0.25, -0.2) is 12.8 Å². The average molecular weight is 340 g/mol. The third kappa shape index (κ3) is 2.55. The minimum atomic E-state index is -3.92. The average Bonchev–Trinajstić information content (AvgIpc) is 2.44. The van der Waals surface area contributed by atoms with Crippen LogP contribution in [0, 0.1) is 5.82 Å². The highest BCUT2D eigenvalue weighted by Gasteiger charge is 2.30. The number of benzene rings is 2. The van der Waals surface area contributed by atoms with Gasteiger partial charge in [-0.05, 0) is 24.3 Å². The summed E-state index contributed by atoms with van der Waals surface area (Å²) >= 11 is 5.92. The van der Waals surface area contributed by atoms with Crippen molar-refractivity contribution in [2.75, 3.05) is 4.31 Å². The van der Waals surface area contributed by atoms with Gasteiger partial charge < -0.3 is 5.11 Å². The molecule has 0 aliphatic carbocycles. The molecule has 1 aliphatic rings. The Morgan fingerprint density at radius 3 is 2.64 bits per heavy atom. The highest BCUT2D eigenvalue weighted by atomic mass is 35.5. The molecule has 0 aromatic heterocycles. The molecule has 1 N–H and O–H groups in total. The molecule has 0 atom stereocenters. The number of fused-ring (bicyclic) bond motifs is 1. The van der Waals surface area contributed by atoms with Crippen LogP contribution in [0.4, 0.5) is 10.1 Å². The van der Waals surface area contributed by atoms with E-state index >= 15 is 0 Å². The molecule has 2 aromatic rings. The second kappa shape index (κ2) is 5.30. The fourth-order valence-electron chi connectivity index (χ4n) is 2.29. The third-order valence-electron chi connectivity index (χ3n) is 3.34. The highest BCUT2D eigenvalue weighted by Crippen LogP contribution is 2.37. The maximum Gasteiger partial charge on any atom is 0.261 e. The van der Waals surface area contributed by atoms with Crippen LogP contribution < -0.4 is 4.31 Å². The van der Waals surface area contributed by atoms with Gasteiger partial charge >= 0.3 is 0 Å². The van der Waals surface area contributed by atoms with Crippen molar-refractivity contribution in [1.29, 1.82) is 0 Å². The SMILES string of the molecule is O=S1(=O)C=C(O)c2ccc(Cl)cc2N1Cc1ccccc1F. The van der Waals surface area contributed by atoms with Crippen molar-refractivity contribution in [2.45, 2.75) is 6.54 Å². The summed E-state index contributed by atoms with van der Waals surface area (Å²) in [6.07, 6.45) is 0. The van der Waals surface area contributed by atoms with Gasteiger partial charge in [0.05, 0.1) is 17.6 Å². The summed E-state index contributed by atoms with van der Waals surface area (Å²) in [4.78, 5) is 0. The topological polar surface area (TPSA) is 57.6 Å². The van der Waals surface area contributed by atoms with Crippen LogP contribution in [0.5, 0.6) is 0 Å². The van der Waals surface area contributed by atoms with E-state index in [1.807, 2.05) is 0 Å². The van der Waals surface area contributed by atoms with Gasteiger partial charge in [-0.1, -0.05) is 29.8 Å². The highest BCUT2D eigenvalue weighted by molar-refractivity contribution is 7.95. The van der Waals surface area contributed by atoms with Crippen LogP contribution in [0.2, 0.25) is 5.02 Å². The molecule has 7 heteroatoms. The Labute approximate surface area is 132 Å². The number of sulfonamides is 1. The Morgan fingerprint density at radius 1 is 1.18 bits per heavy atom. The largest absolute Gasteiger partial charge is 0.506 e. The zero-order valence-corrected chi connectivity index (χ0v) is 12.8. The van der Waals surface area contributed by atoms with Crippen LogP contribution in [0.3, 0.4) is 0 Å². The first-order valence-electron chi connectivity index (χ1n) is 6.35. The number of nitrogens with zero attached hydrogens (tertiary/aromatic N) is 1. The van der Waals surface area contributed by atoms with Crippen LogP contribution >= 0.6 is 11.6 Å². The Kier molecular flexibility index (Phi) is 3.58. The summed E-state index contributed by atoms with van der Waals surface area (Å²) in [6, 6.07) is 10.4. The zero-order chi connectivity index (χ0) is 15.9. The van der Waals surface area contributed by atoms with Crippen molar-refractivity contribution in [3.05, 3.63) is 69.8 Å². The van der Waals surface area contributed by atoms with E-state index in [9.17, 15) is 17.9 Å². The van der Waals surface area contributed by atoms with Crippen molar-refractivity contribution in [1.82, 2.24) is 0 Å². The van der Waals surface area contributed by atoms with E-state index in [1.54, 1.807) is 12.1 Å². The van der Waals surface area contributed by atoms with Gasteiger partial charge in [0.15, 0.2) is 0 Å². The molecule has 0 saturated heterocycles. The van der Waals surface area contributed by atoms with Crippen LogP contribution in [-0.4, -0.2) is 13.5 Å². The Hall–Kier alpha value is -2.05. The summed E-state index contributed by atoms with van der Waals surface area (Å²) in [7, 11) is -3.92. The smallest absolute Gasteiger partial charge is 0.261 e. The first kappa shape index (κ1) is 14.9. The molecule has 4 nitrogen and oxygen atoms in total. The molecule has 0 spiro atoms. The normalized spacial score (nSPS) is 16.1. The van der Waals surface area contributed by atoms with Crippen LogP contribution in [0.15, 0.2) is 47.9 Å². The quantitative estimate of drug-likeness (QED) is 0.908. The lowest BCUT2D eigenvalue weighted by atomic mass is 10.1. The van der Waals surface area contributed by atoms with Crippen LogP contribution in [0.1, 0.15) is 11.1 Å². The molecule has 3 rings (SSSR count). The number of anilines is 1. The molecule has 2 aromatic carbocycles. The summed E-state index contributed by atoms with van der Waals surface area (Å²) in [5.74, 6) is -0.864. The summed E-state index contributed by atoms with van der Waals surface area (Å²) < 4.78 is 39.4. The maximum atomic E-state index is 13.8. The molecule has 0 unspecified atom stereocenters. The van der Waals surface area contributed by atoms with Crippen molar-refractivity contribution in [3.8, 4) is 0 Å². The lowest BCUT2D eigenvalue weighted by Crippen LogP contribution is -2.32. The van der Waals surface area contributed by atoms with Crippen molar-refractivity contribution >= 4 is 33.1 Å². The standard InChI is InChI=1S/C15H11ClFNO3S/c16-11-5-6-12-14(7-11)18(22(20,21)9-15(12)19)8-10-3-1-2-4-13(10)17/h1-7,9,19H,8H2. The number of halogens is 2. The van der Waals surface area contributed by atoms with E-state index in [4.69, 9.17) is 11.6 Å². The lowest BCUT2D eigenvalue weighted by molar-refractivity contribution is 0.510. The summed E-state index contributed by atoms with van der Waals surface area (Å²) in [5, 5.41) is 10.9. The van der Waals surface area contributed by atoms with E-state index in [0.29, 0.717) is 10.6 Å². The molecule has 1 heterocycles. The molecule has 0 fully saturated rings. The van der Waals surface area contributed by atoms with Crippen molar-refractivity contribution < 1.29 is 17.9 Å². The monoisotopic (exact) mass is 339 g/mol. The first-order chi connectivity index (χ1) is 10.4. The minimum Gasteiger partial charge on any atom is -0.506 e. The van der Waals surface area contributed by atoms with E-state index in [1.165, 1.54) is 30.3 Å². The Morgan fingerprint density at radius 2 is 1.91 bits per heavy atom. The number of hydrogen-bond donors (Lipinski definition) is 1. The van der Waals surface area contributed by atoms with E-state index in [2.05, 4.69) is 0 Å². The predicted octanol–water partition coefficient (Wildman–Crippen LogP) is 3.69. The van der Waals surface area contributed by atoms with E-state index < -0.39 is 15.8 Å². The molecule has 1 aliphatic heterocycles. The van der Waals surface area contributed by atoms with Gasteiger partial charge in [-0.15, -0.1) is 0 Å². The molecule has 22 heavy (non-hydrogen) atoms. The fourth-order valence-corrected chi connectivity index (χ4v) is 3.74. The Bertz CT molecular complexity index is 880. The van der Waals surface area contributed by atoms with Gasteiger partial charge in [0.1, 0.15) is 11.6 Å². The second-order valence-electron chi connectivity index (χ2n) is 4.81. The molecule has 0 radical (unpaired) electrons. The maximum absolute atomic E-state index is 13.8. The first-order valence-corrected chi connectivity index (χ1v) is 8.23. The van der Waals surface area contributed by atoms with Gasteiger partial charge in [-0.3, -0.25) is 4.31 Å². The van der Waals surface area contributed by atoms with Gasteiger partial charge in [0, 0.05) is 16.1 Å². The zero-order valence-electron chi connectivity index (χ0n) is 11.2. The molecular weight excluding hydrogens is 329 g/mol. The molecule has 114 valence electrons. The van der Waals surface area contributed by atoms with E-state index in [0.717, 1.165) is 9.71 Å². The molecule has 0 saturated carbocycles. The van der Waals surface area contributed by atoms with Gasteiger partial charge in [0.2, 0.25) is 0 Å². The summed E-state index contributed by atoms with van der Waals surface area (Å²) in [6.45, 7) is -0.188. The van der Waals surface area contributed by atoms with E-state index in [-0.39, 0.29) is 23.6 Å². The summed E-state index contributed by atoms with van der Waals surface area (Å²) in [5.41, 5.74) is 0.776. The number of aliphatic hydroxyl groups excluding tert-OH is 1. The van der Waals surface area contributed by atoms with Crippen LogP contribution in [-0.2, 0) is 16.6 Å². The van der Waals surface area contributed by atoms with Crippen LogP contribution in [0.25, 0.3) is 5.76 Å². The molecule has 0 bridgehead atoms. The van der Waals surface area contributed by atoms with Gasteiger partial charge in [-0.2, -0.15) is 0 Å². The Balaban J connectivity index is 2.14. The van der Waals surface area contributed by atoms with Crippen molar-refractivity contribution in [3.63, 3.8) is 0 Å². The predicted molar refractivity (Wildman–Crippen MR) is 83.6 cm³/mol. The third-order valence-corrected chi connectivity index (χ3v) is 5.04. The number of aliphatic hydroxyl groups is 1. The van der Waals surface area contributed by atoms with Crippen molar-refractivity contribution in [2.24, 2.45) is 0 Å². The van der Waals surface area contributed by atoms with Gasteiger partial charge in [0.25, 0.3) is 10.0 Å². The minimum absolute atomic E-state index is 0.188. The molecular formula is C15H11ClFNO3S. The molecule has 0 amide bonds.